The topological polar surface area (TPSA) is 64.3 Å². The van der Waals surface area contributed by atoms with E-state index in [1.807, 2.05) is 18.0 Å². The molecule has 8 heteroatoms. The molecule has 29 heavy (non-hydrogen) atoms. The second-order valence-electron chi connectivity index (χ2n) is 6.99. The Morgan fingerprint density at radius 3 is 2.62 bits per heavy atom. The second-order valence-corrected chi connectivity index (χ2v) is 6.99. The molecule has 0 atom stereocenters. The van der Waals surface area contributed by atoms with Gasteiger partial charge in [0.1, 0.15) is 5.82 Å². The van der Waals surface area contributed by atoms with E-state index in [4.69, 9.17) is 4.42 Å². The SMILES string of the molecule is CN=C(NCCCN(C)c1cccc(F)c1)N1CCN(C(=O)c2ccco2)CC1. The number of rotatable bonds is 6. The van der Waals surface area contributed by atoms with Crippen LogP contribution in [0.2, 0.25) is 0 Å². The van der Waals surface area contributed by atoms with Crippen LogP contribution in [0.15, 0.2) is 52.1 Å². The third-order valence-electron chi connectivity index (χ3n) is 5.01. The molecule has 0 aliphatic carbocycles. The molecule has 1 aromatic carbocycles. The fourth-order valence-electron chi connectivity index (χ4n) is 3.37. The lowest BCUT2D eigenvalue weighted by Crippen LogP contribution is -2.53. The Morgan fingerprint density at radius 1 is 1.21 bits per heavy atom. The molecule has 1 aromatic heterocycles. The summed E-state index contributed by atoms with van der Waals surface area (Å²) in [6.07, 6.45) is 2.41. The Labute approximate surface area is 170 Å². The van der Waals surface area contributed by atoms with Crippen molar-refractivity contribution in [2.45, 2.75) is 6.42 Å². The van der Waals surface area contributed by atoms with E-state index in [2.05, 4.69) is 15.2 Å². The normalized spacial score (nSPS) is 14.8. The molecule has 3 rings (SSSR count). The van der Waals surface area contributed by atoms with E-state index < -0.39 is 0 Å². The Balaban J connectivity index is 1.40. The van der Waals surface area contributed by atoms with Gasteiger partial charge in [0.05, 0.1) is 6.26 Å². The number of hydrogen-bond acceptors (Lipinski definition) is 4. The van der Waals surface area contributed by atoms with Crippen LogP contribution in [0.3, 0.4) is 0 Å². The van der Waals surface area contributed by atoms with E-state index >= 15 is 0 Å². The maximum atomic E-state index is 13.3. The van der Waals surface area contributed by atoms with Gasteiger partial charge in [-0.1, -0.05) is 6.07 Å². The number of aliphatic imine (C=N–C) groups is 1. The van der Waals surface area contributed by atoms with E-state index in [9.17, 15) is 9.18 Å². The molecule has 0 unspecified atom stereocenters. The van der Waals surface area contributed by atoms with Crippen molar-refractivity contribution in [1.82, 2.24) is 15.1 Å². The third kappa shape index (κ3) is 5.49. The van der Waals surface area contributed by atoms with Crippen LogP contribution in [-0.4, -0.2) is 75.0 Å². The molecule has 2 aromatic rings. The number of nitrogens with zero attached hydrogens (tertiary/aromatic N) is 4. The Morgan fingerprint density at radius 2 is 1.97 bits per heavy atom. The van der Waals surface area contributed by atoms with Gasteiger partial charge in [0.2, 0.25) is 0 Å². The molecule has 1 aliphatic heterocycles. The van der Waals surface area contributed by atoms with Crippen molar-refractivity contribution in [3.05, 3.63) is 54.2 Å². The molecule has 2 heterocycles. The molecule has 1 fully saturated rings. The summed E-state index contributed by atoms with van der Waals surface area (Å²) >= 11 is 0. The van der Waals surface area contributed by atoms with E-state index in [0.29, 0.717) is 18.8 Å². The number of anilines is 1. The van der Waals surface area contributed by atoms with Gasteiger partial charge in [-0.3, -0.25) is 9.79 Å². The highest BCUT2D eigenvalue weighted by Crippen LogP contribution is 2.14. The molecule has 156 valence electrons. The number of guanidine groups is 1. The predicted octanol–water partition coefficient (Wildman–Crippen LogP) is 2.28. The summed E-state index contributed by atoms with van der Waals surface area (Å²) in [4.78, 5) is 22.7. The van der Waals surface area contributed by atoms with E-state index in [1.54, 1.807) is 30.1 Å². The third-order valence-corrected chi connectivity index (χ3v) is 5.01. The molecule has 1 amide bonds. The van der Waals surface area contributed by atoms with Crippen LogP contribution in [-0.2, 0) is 0 Å². The van der Waals surface area contributed by atoms with Crippen molar-refractivity contribution in [3.63, 3.8) is 0 Å². The minimum Gasteiger partial charge on any atom is -0.459 e. The lowest BCUT2D eigenvalue weighted by Gasteiger charge is -2.36. The highest BCUT2D eigenvalue weighted by molar-refractivity contribution is 5.91. The van der Waals surface area contributed by atoms with Gasteiger partial charge in [-0.15, -0.1) is 0 Å². The number of carbonyl (C=O) groups is 1. The first-order valence-electron chi connectivity index (χ1n) is 9.83. The maximum Gasteiger partial charge on any atom is 0.289 e. The zero-order chi connectivity index (χ0) is 20.6. The average Bonchev–Trinajstić information content (AvgIpc) is 3.28. The van der Waals surface area contributed by atoms with Gasteiger partial charge in [-0.05, 0) is 36.8 Å². The number of nitrogens with one attached hydrogen (secondary N) is 1. The second kappa shape index (κ2) is 9.95. The summed E-state index contributed by atoms with van der Waals surface area (Å²) in [5.74, 6) is 0.919. The highest BCUT2D eigenvalue weighted by atomic mass is 19.1. The van der Waals surface area contributed by atoms with Crippen molar-refractivity contribution in [1.29, 1.82) is 0 Å². The Hall–Kier alpha value is -3.03. The summed E-state index contributed by atoms with van der Waals surface area (Å²) < 4.78 is 18.5. The first-order chi connectivity index (χ1) is 14.1. The van der Waals surface area contributed by atoms with E-state index in [-0.39, 0.29) is 11.7 Å². The molecule has 1 saturated heterocycles. The number of carbonyl (C=O) groups excluding carboxylic acids is 1. The first kappa shape index (κ1) is 20.7. The predicted molar refractivity (Wildman–Crippen MR) is 112 cm³/mol. The van der Waals surface area contributed by atoms with Gasteiger partial charge >= 0.3 is 0 Å². The molecular weight excluding hydrogens is 373 g/mol. The van der Waals surface area contributed by atoms with Gasteiger partial charge < -0.3 is 24.4 Å². The fourth-order valence-corrected chi connectivity index (χ4v) is 3.37. The van der Waals surface area contributed by atoms with Crippen molar-refractivity contribution < 1.29 is 13.6 Å². The van der Waals surface area contributed by atoms with Crippen molar-refractivity contribution >= 4 is 17.6 Å². The van der Waals surface area contributed by atoms with Crippen molar-refractivity contribution in [3.8, 4) is 0 Å². The van der Waals surface area contributed by atoms with Crippen molar-refractivity contribution in [2.75, 3.05) is 58.3 Å². The number of halogens is 1. The summed E-state index contributed by atoms with van der Waals surface area (Å²) in [5, 5.41) is 3.38. The highest BCUT2D eigenvalue weighted by Gasteiger charge is 2.25. The molecule has 1 aliphatic rings. The van der Waals surface area contributed by atoms with Crippen LogP contribution < -0.4 is 10.2 Å². The number of furan rings is 1. The zero-order valence-electron chi connectivity index (χ0n) is 17.0. The quantitative estimate of drug-likeness (QED) is 0.457. The summed E-state index contributed by atoms with van der Waals surface area (Å²) in [6.45, 7) is 4.26. The molecule has 1 N–H and O–H groups in total. The lowest BCUT2D eigenvalue weighted by atomic mass is 10.2. The van der Waals surface area contributed by atoms with Gasteiger partial charge in [0.15, 0.2) is 11.7 Å². The average molecular weight is 401 g/mol. The first-order valence-corrected chi connectivity index (χ1v) is 9.83. The Bertz CT molecular complexity index is 816. The minimum atomic E-state index is -0.224. The van der Waals surface area contributed by atoms with Crippen LogP contribution in [0, 0.1) is 5.82 Å². The van der Waals surface area contributed by atoms with Crippen molar-refractivity contribution in [2.24, 2.45) is 4.99 Å². The number of hydrogen-bond donors (Lipinski definition) is 1. The van der Waals surface area contributed by atoms with Gasteiger partial charge in [-0.25, -0.2) is 4.39 Å². The van der Waals surface area contributed by atoms with Crippen LogP contribution in [0.5, 0.6) is 0 Å². The largest absolute Gasteiger partial charge is 0.459 e. The summed E-state index contributed by atoms with van der Waals surface area (Å²) in [7, 11) is 3.72. The molecule has 0 bridgehead atoms. The summed E-state index contributed by atoms with van der Waals surface area (Å²) in [5.41, 5.74) is 0.867. The Kier molecular flexibility index (Phi) is 7.10. The number of piperazine rings is 1. The monoisotopic (exact) mass is 401 g/mol. The van der Waals surface area contributed by atoms with Gasteiger partial charge in [-0.2, -0.15) is 0 Å². The van der Waals surface area contributed by atoms with Gasteiger partial charge in [0.25, 0.3) is 5.91 Å². The zero-order valence-corrected chi connectivity index (χ0v) is 17.0. The molecule has 7 nitrogen and oxygen atoms in total. The minimum absolute atomic E-state index is 0.0713. The summed E-state index contributed by atoms with van der Waals surface area (Å²) in [6, 6.07) is 10.0. The lowest BCUT2D eigenvalue weighted by molar-refractivity contribution is 0.0658. The molecule has 0 saturated carbocycles. The smallest absolute Gasteiger partial charge is 0.289 e. The van der Waals surface area contributed by atoms with Crippen LogP contribution >= 0.6 is 0 Å². The molecular formula is C21H28FN5O2. The van der Waals surface area contributed by atoms with Gasteiger partial charge in [0, 0.05) is 59.1 Å². The molecule has 0 radical (unpaired) electrons. The maximum absolute atomic E-state index is 13.3. The van der Waals surface area contributed by atoms with Crippen LogP contribution in [0.25, 0.3) is 0 Å². The van der Waals surface area contributed by atoms with Crippen LogP contribution in [0.1, 0.15) is 17.0 Å². The number of amides is 1. The van der Waals surface area contributed by atoms with Crippen LogP contribution in [0.4, 0.5) is 10.1 Å². The van der Waals surface area contributed by atoms with E-state index in [0.717, 1.165) is 44.2 Å². The number of benzene rings is 1. The molecule has 0 spiro atoms. The standard InChI is InChI=1S/C21H28FN5O2/c1-23-21(24-9-5-10-25(2)18-7-3-6-17(22)16-18)27-13-11-26(12-14-27)20(28)19-8-4-15-29-19/h3-4,6-8,15-16H,5,9-14H2,1-2H3,(H,23,24). The fraction of sp³-hybridized carbons (Fsp3) is 0.429. The van der Waals surface area contributed by atoms with E-state index in [1.165, 1.54) is 18.4 Å².